The first-order valence-corrected chi connectivity index (χ1v) is 6.03. The zero-order valence-corrected chi connectivity index (χ0v) is 9.51. The van der Waals surface area contributed by atoms with E-state index in [4.69, 9.17) is 5.84 Å². The average Bonchev–Trinajstić information content (AvgIpc) is 2.16. The summed E-state index contributed by atoms with van der Waals surface area (Å²) in [6.07, 6.45) is 0. The lowest BCUT2D eigenvalue weighted by Crippen LogP contribution is -2.30. The van der Waals surface area contributed by atoms with Gasteiger partial charge in [-0.3, -0.25) is 5.84 Å². The summed E-state index contributed by atoms with van der Waals surface area (Å²) in [5, 5.41) is 0. The van der Waals surface area contributed by atoms with Gasteiger partial charge < -0.3 is 5.43 Å². The quantitative estimate of drug-likeness (QED) is 0.523. The number of hydrazine groups is 1. The lowest BCUT2D eigenvalue weighted by atomic mass is 10.3. The molecule has 0 spiro atoms. The van der Waals surface area contributed by atoms with E-state index in [2.05, 4.69) is 10.1 Å². The number of benzene rings is 1. The molecule has 0 heterocycles. The Labute approximate surface area is 89.7 Å². The van der Waals surface area contributed by atoms with Crippen LogP contribution >= 0.6 is 0 Å². The number of hydrogen-bond donors (Lipinski definition) is 3. The molecule has 0 saturated carbocycles. The highest BCUT2D eigenvalue weighted by Gasteiger charge is 2.14. The Morgan fingerprint density at radius 3 is 2.13 bits per heavy atom. The molecule has 6 heteroatoms. The van der Waals surface area contributed by atoms with Gasteiger partial charge in [0.2, 0.25) is 10.0 Å². The van der Waals surface area contributed by atoms with Crippen LogP contribution in [-0.2, 0) is 10.0 Å². The largest absolute Gasteiger partial charge is 0.324 e. The standard InChI is InChI=1S/C9H15N3O2S/c1-7(2)12-15(13,14)9-5-3-8(11-10)4-6-9/h3-7,11-12H,10H2,1-2H3. The van der Waals surface area contributed by atoms with Gasteiger partial charge in [0.05, 0.1) is 4.90 Å². The zero-order valence-electron chi connectivity index (χ0n) is 8.69. The Balaban J connectivity index is 2.96. The van der Waals surface area contributed by atoms with Gasteiger partial charge in [-0.15, -0.1) is 0 Å². The van der Waals surface area contributed by atoms with Crippen molar-refractivity contribution in [3.8, 4) is 0 Å². The monoisotopic (exact) mass is 229 g/mol. The van der Waals surface area contributed by atoms with E-state index < -0.39 is 10.0 Å². The molecule has 1 rings (SSSR count). The number of nitrogens with one attached hydrogen (secondary N) is 2. The third kappa shape index (κ3) is 3.19. The number of hydrogen-bond acceptors (Lipinski definition) is 4. The molecule has 0 bridgehead atoms. The fourth-order valence-electron chi connectivity index (χ4n) is 1.11. The Morgan fingerprint density at radius 1 is 1.20 bits per heavy atom. The summed E-state index contributed by atoms with van der Waals surface area (Å²) >= 11 is 0. The van der Waals surface area contributed by atoms with Crippen LogP contribution in [0.15, 0.2) is 29.2 Å². The van der Waals surface area contributed by atoms with E-state index in [1.54, 1.807) is 26.0 Å². The van der Waals surface area contributed by atoms with Crippen LogP contribution in [0.5, 0.6) is 0 Å². The molecule has 0 aromatic heterocycles. The molecule has 0 saturated heterocycles. The second-order valence-electron chi connectivity index (χ2n) is 3.44. The van der Waals surface area contributed by atoms with Crippen molar-refractivity contribution in [2.45, 2.75) is 24.8 Å². The third-order valence-corrected chi connectivity index (χ3v) is 3.40. The summed E-state index contributed by atoms with van der Waals surface area (Å²) < 4.78 is 25.9. The number of sulfonamides is 1. The second kappa shape index (κ2) is 4.61. The maximum absolute atomic E-state index is 11.7. The normalized spacial score (nSPS) is 11.7. The predicted octanol–water partition coefficient (Wildman–Crippen LogP) is 0.659. The van der Waals surface area contributed by atoms with Gasteiger partial charge in [0.15, 0.2) is 0 Å². The summed E-state index contributed by atoms with van der Waals surface area (Å²) in [7, 11) is -3.40. The average molecular weight is 229 g/mol. The molecule has 84 valence electrons. The van der Waals surface area contributed by atoms with E-state index in [1.165, 1.54) is 12.1 Å². The summed E-state index contributed by atoms with van der Waals surface area (Å²) in [4.78, 5) is 0.232. The maximum Gasteiger partial charge on any atom is 0.240 e. The van der Waals surface area contributed by atoms with Crippen LogP contribution in [-0.4, -0.2) is 14.5 Å². The third-order valence-electron chi connectivity index (χ3n) is 1.72. The van der Waals surface area contributed by atoms with Gasteiger partial charge in [-0.2, -0.15) is 0 Å². The second-order valence-corrected chi connectivity index (χ2v) is 5.16. The van der Waals surface area contributed by atoms with E-state index in [0.717, 1.165) is 0 Å². The molecular formula is C9H15N3O2S. The van der Waals surface area contributed by atoms with Gasteiger partial charge in [0.25, 0.3) is 0 Å². The molecule has 0 fully saturated rings. The highest BCUT2D eigenvalue weighted by atomic mass is 32.2. The zero-order chi connectivity index (χ0) is 11.5. The van der Waals surface area contributed by atoms with Crippen LogP contribution in [0.25, 0.3) is 0 Å². The number of anilines is 1. The lowest BCUT2D eigenvalue weighted by Gasteiger charge is -2.09. The summed E-state index contributed by atoms with van der Waals surface area (Å²) in [5.41, 5.74) is 3.10. The summed E-state index contributed by atoms with van der Waals surface area (Å²) in [6, 6.07) is 6.09. The Kier molecular flexibility index (Phi) is 3.67. The first-order chi connectivity index (χ1) is 6.95. The molecule has 0 aliphatic heterocycles. The predicted molar refractivity (Wildman–Crippen MR) is 59.7 cm³/mol. The highest BCUT2D eigenvalue weighted by molar-refractivity contribution is 7.89. The van der Waals surface area contributed by atoms with Crippen molar-refractivity contribution in [3.05, 3.63) is 24.3 Å². The van der Waals surface area contributed by atoms with E-state index in [9.17, 15) is 8.42 Å². The van der Waals surface area contributed by atoms with Crippen molar-refractivity contribution >= 4 is 15.7 Å². The van der Waals surface area contributed by atoms with Crippen LogP contribution in [0.4, 0.5) is 5.69 Å². The molecule has 0 aliphatic carbocycles. The van der Waals surface area contributed by atoms with Gasteiger partial charge in [0, 0.05) is 11.7 Å². The number of rotatable bonds is 4. The molecule has 5 nitrogen and oxygen atoms in total. The molecule has 1 aromatic rings. The molecule has 0 atom stereocenters. The maximum atomic E-state index is 11.7. The molecular weight excluding hydrogens is 214 g/mol. The van der Waals surface area contributed by atoms with Crippen LogP contribution in [0.3, 0.4) is 0 Å². The summed E-state index contributed by atoms with van der Waals surface area (Å²) in [6.45, 7) is 3.54. The van der Waals surface area contributed by atoms with E-state index in [0.29, 0.717) is 5.69 Å². The highest BCUT2D eigenvalue weighted by Crippen LogP contribution is 2.13. The minimum atomic E-state index is -3.40. The van der Waals surface area contributed by atoms with Crippen LogP contribution < -0.4 is 16.0 Å². The van der Waals surface area contributed by atoms with Crippen LogP contribution in [0, 0.1) is 0 Å². The van der Waals surface area contributed by atoms with E-state index in [1.807, 2.05) is 0 Å². The van der Waals surface area contributed by atoms with Crippen LogP contribution in [0.1, 0.15) is 13.8 Å². The number of nitrogens with two attached hydrogens (primary N) is 1. The lowest BCUT2D eigenvalue weighted by molar-refractivity contribution is 0.570. The summed E-state index contributed by atoms with van der Waals surface area (Å²) in [5.74, 6) is 5.17. The Bertz CT molecular complexity index is 411. The Hall–Kier alpha value is -1.11. The molecule has 0 amide bonds. The van der Waals surface area contributed by atoms with Crippen molar-refractivity contribution in [2.24, 2.45) is 5.84 Å². The van der Waals surface area contributed by atoms with Gasteiger partial charge in [-0.25, -0.2) is 13.1 Å². The molecule has 1 aromatic carbocycles. The van der Waals surface area contributed by atoms with E-state index in [-0.39, 0.29) is 10.9 Å². The van der Waals surface area contributed by atoms with Gasteiger partial charge in [-0.05, 0) is 38.1 Å². The SMILES string of the molecule is CC(C)NS(=O)(=O)c1ccc(NN)cc1. The molecule has 0 aliphatic rings. The molecule has 15 heavy (non-hydrogen) atoms. The molecule has 0 unspecified atom stereocenters. The van der Waals surface area contributed by atoms with Gasteiger partial charge in [0.1, 0.15) is 0 Å². The Morgan fingerprint density at radius 2 is 1.73 bits per heavy atom. The molecule has 4 N–H and O–H groups in total. The fourth-order valence-corrected chi connectivity index (χ4v) is 2.36. The smallest absolute Gasteiger partial charge is 0.240 e. The minimum Gasteiger partial charge on any atom is -0.324 e. The van der Waals surface area contributed by atoms with Crippen molar-refractivity contribution in [3.63, 3.8) is 0 Å². The van der Waals surface area contributed by atoms with Crippen LogP contribution in [0.2, 0.25) is 0 Å². The van der Waals surface area contributed by atoms with Crippen molar-refractivity contribution in [1.82, 2.24) is 4.72 Å². The van der Waals surface area contributed by atoms with Crippen molar-refractivity contribution in [1.29, 1.82) is 0 Å². The first kappa shape index (κ1) is 12.0. The van der Waals surface area contributed by atoms with Crippen molar-refractivity contribution < 1.29 is 8.42 Å². The fraction of sp³-hybridized carbons (Fsp3) is 0.333. The van der Waals surface area contributed by atoms with E-state index >= 15 is 0 Å². The minimum absolute atomic E-state index is 0.123. The van der Waals surface area contributed by atoms with Crippen molar-refractivity contribution in [2.75, 3.05) is 5.43 Å². The van der Waals surface area contributed by atoms with Gasteiger partial charge >= 0.3 is 0 Å². The molecule has 0 radical (unpaired) electrons. The van der Waals surface area contributed by atoms with Gasteiger partial charge in [-0.1, -0.05) is 0 Å². The first-order valence-electron chi connectivity index (χ1n) is 4.54. The topological polar surface area (TPSA) is 84.2 Å². The number of nitrogen functional groups attached to an aromatic ring is 1.